The van der Waals surface area contributed by atoms with Crippen LogP contribution in [0.5, 0.6) is 11.6 Å². The molecular weight excluding hydrogens is 318 g/mol. The molecule has 1 N–H and O–H groups in total. The van der Waals surface area contributed by atoms with Gasteiger partial charge < -0.3 is 10.1 Å². The van der Waals surface area contributed by atoms with Gasteiger partial charge in [0.15, 0.2) is 11.6 Å². The SMILES string of the molecule is CNCc1cc(Br)cnc1Oc1cc(F)ccc1F. The first kappa shape index (κ1) is 13.9. The molecule has 0 aliphatic carbocycles. The lowest BCUT2D eigenvalue weighted by atomic mass is 10.2. The van der Waals surface area contributed by atoms with Crippen molar-refractivity contribution in [3.8, 4) is 11.6 Å². The summed E-state index contributed by atoms with van der Waals surface area (Å²) in [4.78, 5) is 4.06. The maximum atomic E-state index is 13.5. The average molecular weight is 329 g/mol. The van der Waals surface area contributed by atoms with Crippen LogP contribution in [0, 0.1) is 11.6 Å². The molecule has 0 amide bonds. The molecule has 0 fully saturated rings. The molecule has 0 radical (unpaired) electrons. The zero-order valence-corrected chi connectivity index (χ0v) is 11.7. The van der Waals surface area contributed by atoms with Crippen LogP contribution in [0.3, 0.4) is 0 Å². The lowest BCUT2D eigenvalue weighted by Gasteiger charge is -2.10. The smallest absolute Gasteiger partial charge is 0.223 e. The van der Waals surface area contributed by atoms with Crippen LogP contribution >= 0.6 is 15.9 Å². The molecular formula is C13H11BrF2N2O. The van der Waals surface area contributed by atoms with E-state index >= 15 is 0 Å². The average Bonchev–Trinajstić information content (AvgIpc) is 2.37. The Morgan fingerprint density at radius 2 is 2.11 bits per heavy atom. The molecule has 0 aliphatic heterocycles. The molecule has 0 spiro atoms. The van der Waals surface area contributed by atoms with Crippen molar-refractivity contribution < 1.29 is 13.5 Å². The fourth-order valence-electron chi connectivity index (χ4n) is 1.54. The van der Waals surface area contributed by atoms with Gasteiger partial charge >= 0.3 is 0 Å². The summed E-state index contributed by atoms with van der Waals surface area (Å²) in [5, 5.41) is 2.95. The predicted molar refractivity (Wildman–Crippen MR) is 71.1 cm³/mol. The van der Waals surface area contributed by atoms with E-state index in [1.54, 1.807) is 13.1 Å². The first-order chi connectivity index (χ1) is 9.10. The van der Waals surface area contributed by atoms with Crippen LogP contribution in [-0.2, 0) is 6.54 Å². The van der Waals surface area contributed by atoms with Gasteiger partial charge in [0, 0.05) is 28.8 Å². The highest BCUT2D eigenvalue weighted by Gasteiger charge is 2.11. The Morgan fingerprint density at radius 1 is 1.32 bits per heavy atom. The highest BCUT2D eigenvalue weighted by Crippen LogP contribution is 2.27. The van der Waals surface area contributed by atoms with Crippen molar-refractivity contribution in [1.82, 2.24) is 10.3 Å². The number of aromatic nitrogens is 1. The zero-order chi connectivity index (χ0) is 13.8. The second kappa shape index (κ2) is 6.08. The fraction of sp³-hybridized carbons (Fsp3) is 0.154. The third-order valence-electron chi connectivity index (χ3n) is 2.36. The first-order valence-corrected chi connectivity index (χ1v) is 6.31. The standard InChI is InChI=1S/C13H11BrF2N2O/c1-17-6-8-4-9(14)7-18-13(8)19-12-5-10(15)2-3-11(12)16/h2-5,7,17H,6H2,1H3. The van der Waals surface area contributed by atoms with E-state index in [0.717, 1.165) is 28.2 Å². The van der Waals surface area contributed by atoms with Gasteiger partial charge in [-0.15, -0.1) is 0 Å². The summed E-state index contributed by atoms with van der Waals surface area (Å²) < 4.78 is 32.7. The van der Waals surface area contributed by atoms with Crippen LogP contribution < -0.4 is 10.1 Å². The van der Waals surface area contributed by atoms with Crippen molar-refractivity contribution in [3.05, 3.63) is 52.1 Å². The van der Waals surface area contributed by atoms with E-state index in [2.05, 4.69) is 26.2 Å². The molecule has 0 unspecified atom stereocenters. The number of hydrogen-bond donors (Lipinski definition) is 1. The van der Waals surface area contributed by atoms with Gasteiger partial charge in [-0.1, -0.05) is 0 Å². The van der Waals surface area contributed by atoms with E-state index in [1.807, 2.05) is 0 Å². The molecule has 1 aromatic carbocycles. The maximum absolute atomic E-state index is 13.5. The Hall–Kier alpha value is -1.53. The zero-order valence-electron chi connectivity index (χ0n) is 10.1. The van der Waals surface area contributed by atoms with Crippen molar-refractivity contribution in [2.45, 2.75) is 6.54 Å². The molecule has 3 nitrogen and oxygen atoms in total. The Labute approximate surface area is 117 Å². The lowest BCUT2D eigenvalue weighted by Crippen LogP contribution is -2.07. The van der Waals surface area contributed by atoms with Gasteiger partial charge in [-0.25, -0.2) is 13.8 Å². The first-order valence-electron chi connectivity index (χ1n) is 5.52. The van der Waals surface area contributed by atoms with E-state index in [9.17, 15) is 8.78 Å². The number of nitrogens with one attached hydrogen (secondary N) is 1. The van der Waals surface area contributed by atoms with Crippen molar-refractivity contribution in [2.75, 3.05) is 7.05 Å². The Morgan fingerprint density at radius 3 is 2.84 bits per heavy atom. The second-order valence-corrected chi connectivity index (χ2v) is 4.74. The maximum Gasteiger partial charge on any atom is 0.223 e. The fourth-order valence-corrected chi connectivity index (χ4v) is 1.92. The summed E-state index contributed by atoms with van der Waals surface area (Å²) in [5.74, 6) is -1.15. The monoisotopic (exact) mass is 328 g/mol. The lowest BCUT2D eigenvalue weighted by molar-refractivity contribution is 0.416. The molecule has 19 heavy (non-hydrogen) atoms. The van der Waals surface area contributed by atoms with E-state index in [1.165, 1.54) is 6.20 Å². The van der Waals surface area contributed by atoms with Crippen molar-refractivity contribution >= 4 is 15.9 Å². The summed E-state index contributed by atoms with van der Waals surface area (Å²) in [6.07, 6.45) is 1.53. The minimum absolute atomic E-state index is 0.188. The molecule has 1 heterocycles. The van der Waals surface area contributed by atoms with Gasteiger partial charge in [-0.05, 0) is 41.2 Å². The number of halogens is 3. The molecule has 2 rings (SSSR count). The predicted octanol–water partition coefficient (Wildman–Crippen LogP) is 3.63. The summed E-state index contributed by atoms with van der Waals surface area (Å²) >= 11 is 3.30. The van der Waals surface area contributed by atoms with Crippen molar-refractivity contribution in [2.24, 2.45) is 0 Å². The van der Waals surface area contributed by atoms with Crippen LogP contribution in [-0.4, -0.2) is 12.0 Å². The van der Waals surface area contributed by atoms with Crippen LogP contribution in [0.1, 0.15) is 5.56 Å². The molecule has 1 aromatic heterocycles. The molecule has 0 saturated heterocycles. The van der Waals surface area contributed by atoms with Gasteiger partial charge in [0.05, 0.1) is 0 Å². The summed E-state index contributed by atoms with van der Waals surface area (Å²) in [6, 6.07) is 4.84. The molecule has 0 atom stereocenters. The third-order valence-corrected chi connectivity index (χ3v) is 2.79. The van der Waals surface area contributed by atoms with Gasteiger partial charge in [-0.3, -0.25) is 0 Å². The minimum Gasteiger partial charge on any atom is -0.435 e. The Kier molecular flexibility index (Phi) is 4.44. The summed E-state index contributed by atoms with van der Waals surface area (Å²) in [5.41, 5.74) is 0.737. The molecule has 6 heteroatoms. The van der Waals surface area contributed by atoms with Crippen LogP contribution in [0.4, 0.5) is 8.78 Å². The molecule has 0 aliphatic rings. The number of benzene rings is 1. The van der Waals surface area contributed by atoms with Crippen molar-refractivity contribution in [1.29, 1.82) is 0 Å². The van der Waals surface area contributed by atoms with Crippen LogP contribution in [0.25, 0.3) is 0 Å². The van der Waals surface area contributed by atoms with Gasteiger partial charge in [-0.2, -0.15) is 0 Å². The molecule has 100 valence electrons. The summed E-state index contributed by atoms with van der Waals surface area (Å²) in [7, 11) is 1.77. The van der Waals surface area contributed by atoms with Crippen LogP contribution in [0.15, 0.2) is 34.9 Å². The normalized spacial score (nSPS) is 10.5. The van der Waals surface area contributed by atoms with Crippen LogP contribution in [0.2, 0.25) is 0 Å². The highest BCUT2D eigenvalue weighted by atomic mass is 79.9. The van der Waals surface area contributed by atoms with E-state index < -0.39 is 11.6 Å². The minimum atomic E-state index is -0.637. The van der Waals surface area contributed by atoms with Gasteiger partial charge in [0.2, 0.25) is 5.88 Å². The molecule has 0 saturated carbocycles. The quantitative estimate of drug-likeness (QED) is 0.930. The molecule has 2 aromatic rings. The number of pyridine rings is 1. The number of rotatable bonds is 4. The number of ether oxygens (including phenoxy) is 1. The van der Waals surface area contributed by atoms with E-state index in [4.69, 9.17) is 4.74 Å². The largest absolute Gasteiger partial charge is 0.435 e. The number of hydrogen-bond acceptors (Lipinski definition) is 3. The number of nitrogens with zero attached hydrogens (tertiary/aromatic N) is 1. The van der Waals surface area contributed by atoms with Gasteiger partial charge in [0.1, 0.15) is 5.82 Å². The van der Waals surface area contributed by atoms with Crippen molar-refractivity contribution in [3.63, 3.8) is 0 Å². The van der Waals surface area contributed by atoms with Gasteiger partial charge in [0.25, 0.3) is 0 Å². The highest BCUT2D eigenvalue weighted by molar-refractivity contribution is 9.10. The Balaban J connectivity index is 2.34. The topological polar surface area (TPSA) is 34.2 Å². The molecule has 0 bridgehead atoms. The van der Waals surface area contributed by atoms with E-state index in [0.29, 0.717) is 6.54 Å². The Bertz CT molecular complexity index is 593. The third kappa shape index (κ3) is 3.48. The van der Waals surface area contributed by atoms with E-state index in [-0.39, 0.29) is 11.6 Å². The second-order valence-electron chi connectivity index (χ2n) is 3.82. The summed E-state index contributed by atoms with van der Waals surface area (Å²) in [6.45, 7) is 0.499.